The summed E-state index contributed by atoms with van der Waals surface area (Å²) in [4.78, 5) is 18.6. The molecule has 0 aliphatic carbocycles. The first-order chi connectivity index (χ1) is 11.2. The van der Waals surface area contributed by atoms with Gasteiger partial charge in [-0.1, -0.05) is 6.07 Å². The number of hydrogen-bond acceptors (Lipinski definition) is 4. The molecule has 0 atom stereocenters. The number of aromatic nitrogens is 3. The van der Waals surface area contributed by atoms with Crippen LogP contribution in [0, 0.1) is 6.92 Å². The zero-order chi connectivity index (χ0) is 16.2. The Bertz CT molecular complexity index is 657. The molecule has 3 rings (SSSR count). The number of pyridine rings is 1. The van der Waals surface area contributed by atoms with Crippen LogP contribution in [0.15, 0.2) is 30.7 Å². The smallest absolute Gasteiger partial charge is 0.257 e. The maximum atomic E-state index is 12.5. The van der Waals surface area contributed by atoms with Crippen molar-refractivity contribution >= 4 is 5.91 Å². The van der Waals surface area contributed by atoms with Gasteiger partial charge in [0.2, 0.25) is 5.88 Å². The highest BCUT2D eigenvalue weighted by Gasteiger charge is 2.25. The van der Waals surface area contributed by atoms with Crippen LogP contribution in [-0.2, 0) is 6.54 Å². The number of carbonyl (C=O) groups excluding carboxylic acids is 1. The highest BCUT2D eigenvalue weighted by Crippen LogP contribution is 2.19. The molecule has 2 aromatic heterocycles. The normalized spacial score (nSPS) is 15.7. The van der Waals surface area contributed by atoms with Gasteiger partial charge in [0.25, 0.3) is 5.91 Å². The molecular weight excluding hydrogens is 292 g/mol. The monoisotopic (exact) mass is 314 g/mol. The minimum absolute atomic E-state index is 0.0524. The molecule has 23 heavy (non-hydrogen) atoms. The third-order valence-electron chi connectivity index (χ3n) is 4.11. The Hall–Kier alpha value is -2.37. The van der Waals surface area contributed by atoms with Crippen LogP contribution >= 0.6 is 0 Å². The topological polar surface area (TPSA) is 60.2 Å². The van der Waals surface area contributed by atoms with Crippen molar-refractivity contribution in [3.63, 3.8) is 0 Å². The summed E-state index contributed by atoms with van der Waals surface area (Å²) in [6.45, 7) is 6.18. The molecule has 1 saturated heterocycles. The molecule has 0 aromatic carbocycles. The first kappa shape index (κ1) is 15.5. The zero-order valence-corrected chi connectivity index (χ0v) is 13.6. The Morgan fingerprint density at radius 3 is 2.70 bits per heavy atom. The molecule has 0 saturated carbocycles. The number of likely N-dealkylation sites (tertiary alicyclic amines) is 1. The van der Waals surface area contributed by atoms with E-state index in [1.165, 1.54) is 0 Å². The van der Waals surface area contributed by atoms with Crippen LogP contribution in [0.5, 0.6) is 5.88 Å². The number of aryl methyl sites for hydroxylation is 2. The van der Waals surface area contributed by atoms with Gasteiger partial charge in [-0.3, -0.25) is 9.48 Å². The van der Waals surface area contributed by atoms with Crippen molar-refractivity contribution in [3.8, 4) is 5.88 Å². The van der Waals surface area contributed by atoms with E-state index in [1.807, 2.05) is 30.9 Å². The average Bonchev–Trinajstić information content (AvgIpc) is 3.06. The van der Waals surface area contributed by atoms with E-state index in [9.17, 15) is 4.79 Å². The third kappa shape index (κ3) is 3.70. The summed E-state index contributed by atoms with van der Waals surface area (Å²) < 4.78 is 7.67. The van der Waals surface area contributed by atoms with E-state index < -0.39 is 0 Å². The van der Waals surface area contributed by atoms with E-state index in [1.54, 1.807) is 23.3 Å². The van der Waals surface area contributed by atoms with Gasteiger partial charge in [0.15, 0.2) is 0 Å². The van der Waals surface area contributed by atoms with Gasteiger partial charge in [-0.2, -0.15) is 5.10 Å². The molecule has 6 heteroatoms. The second-order valence-corrected chi connectivity index (χ2v) is 5.87. The van der Waals surface area contributed by atoms with Crippen molar-refractivity contribution in [2.75, 3.05) is 13.1 Å². The van der Waals surface area contributed by atoms with Crippen molar-refractivity contribution in [3.05, 3.63) is 41.9 Å². The van der Waals surface area contributed by atoms with Gasteiger partial charge in [-0.25, -0.2) is 4.98 Å². The Kier molecular flexibility index (Phi) is 4.60. The maximum Gasteiger partial charge on any atom is 0.257 e. The zero-order valence-electron chi connectivity index (χ0n) is 13.6. The maximum absolute atomic E-state index is 12.5. The van der Waals surface area contributed by atoms with Crippen molar-refractivity contribution < 1.29 is 9.53 Å². The second-order valence-electron chi connectivity index (χ2n) is 5.87. The van der Waals surface area contributed by atoms with Crippen molar-refractivity contribution in [1.29, 1.82) is 0 Å². The van der Waals surface area contributed by atoms with Crippen LogP contribution in [0.2, 0.25) is 0 Å². The summed E-state index contributed by atoms with van der Waals surface area (Å²) in [5.41, 5.74) is 1.77. The highest BCUT2D eigenvalue weighted by atomic mass is 16.5. The quantitative estimate of drug-likeness (QED) is 0.869. The fraction of sp³-hybridized carbons (Fsp3) is 0.471. The highest BCUT2D eigenvalue weighted by molar-refractivity contribution is 5.93. The van der Waals surface area contributed by atoms with E-state index >= 15 is 0 Å². The Labute approximate surface area is 136 Å². The molecule has 1 fully saturated rings. The van der Waals surface area contributed by atoms with Crippen LogP contribution in [0.1, 0.15) is 35.7 Å². The predicted octanol–water partition coefficient (Wildman–Crippen LogP) is 2.29. The number of rotatable bonds is 4. The van der Waals surface area contributed by atoms with Crippen molar-refractivity contribution in [2.24, 2.45) is 0 Å². The van der Waals surface area contributed by atoms with Gasteiger partial charge < -0.3 is 9.64 Å². The van der Waals surface area contributed by atoms with Gasteiger partial charge in [0.05, 0.1) is 11.8 Å². The number of ether oxygens (including phenoxy) is 1. The second kappa shape index (κ2) is 6.81. The van der Waals surface area contributed by atoms with E-state index in [-0.39, 0.29) is 12.0 Å². The predicted molar refractivity (Wildman–Crippen MR) is 86.4 cm³/mol. The first-order valence-corrected chi connectivity index (χ1v) is 8.06. The average molecular weight is 314 g/mol. The molecule has 1 aliphatic heterocycles. The van der Waals surface area contributed by atoms with Gasteiger partial charge in [0, 0.05) is 50.9 Å². The Balaban J connectivity index is 1.53. The van der Waals surface area contributed by atoms with Crippen LogP contribution in [0.25, 0.3) is 0 Å². The number of nitrogens with zero attached hydrogens (tertiary/aromatic N) is 4. The van der Waals surface area contributed by atoms with Gasteiger partial charge in [-0.05, 0) is 19.4 Å². The SMILES string of the molecule is CCn1cc(C(=O)N2CCC(Oc3ccc(C)cn3)CC2)cn1. The van der Waals surface area contributed by atoms with Gasteiger partial charge >= 0.3 is 0 Å². The van der Waals surface area contributed by atoms with E-state index in [4.69, 9.17) is 4.74 Å². The minimum atomic E-state index is 0.0524. The lowest BCUT2D eigenvalue weighted by Crippen LogP contribution is -2.41. The summed E-state index contributed by atoms with van der Waals surface area (Å²) >= 11 is 0. The molecule has 2 aromatic rings. The number of hydrogen-bond donors (Lipinski definition) is 0. The minimum Gasteiger partial charge on any atom is -0.474 e. The van der Waals surface area contributed by atoms with E-state index in [2.05, 4.69) is 10.1 Å². The fourth-order valence-corrected chi connectivity index (χ4v) is 2.70. The van der Waals surface area contributed by atoms with Crippen molar-refractivity contribution in [2.45, 2.75) is 39.3 Å². The van der Waals surface area contributed by atoms with Gasteiger partial charge in [-0.15, -0.1) is 0 Å². The lowest BCUT2D eigenvalue weighted by Gasteiger charge is -2.31. The molecule has 1 amide bonds. The lowest BCUT2D eigenvalue weighted by atomic mass is 10.1. The van der Waals surface area contributed by atoms with E-state index in [0.29, 0.717) is 24.5 Å². The summed E-state index contributed by atoms with van der Waals surface area (Å²) in [6.07, 6.45) is 7.02. The molecule has 0 radical (unpaired) electrons. The summed E-state index contributed by atoms with van der Waals surface area (Å²) in [7, 11) is 0. The molecule has 0 bridgehead atoms. The molecule has 6 nitrogen and oxygen atoms in total. The standard InChI is InChI=1S/C17H22N4O2/c1-3-21-12-14(11-19-21)17(22)20-8-6-15(7-9-20)23-16-5-4-13(2)10-18-16/h4-5,10-12,15H,3,6-9H2,1-2H3. The molecule has 0 unspecified atom stereocenters. The molecule has 122 valence electrons. The third-order valence-corrected chi connectivity index (χ3v) is 4.11. The lowest BCUT2D eigenvalue weighted by molar-refractivity contribution is 0.0588. The summed E-state index contributed by atoms with van der Waals surface area (Å²) in [6, 6.07) is 3.89. The van der Waals surface area contributed by atoms with Gasteiger partial charge in [0.1, 0.15) is 6.10 Å². The number of carbonyl (C=O) groups is 1. The van der Waals surface area contributed by atoms with Crippen LogP contribution in [0.3, 0.4) is 0 Å². The van der Waals surface area contributed by atoms with Crippen LogP contribution in [-0.4, -0.2) is 44.8 Å². The largest absolute Gasteiger partial charge is 0.474 e. The molecule has 3 heterocycles. The van der Waals surface area contributed by atoms with Crippen LogP contribution in [0.4, 0.5) is 0 Å². The number of piperidine rings is 1. The molecule has 1 aliphatic rings. The Morgan fingerprint density at radius 2 is 2.09 bits per heavy atom. The fourth-order valence-electron chi connectivity index (χ4n) is 2.70. The number of amides is 1. The summed E-state index contributed by atoms with van der Waals surface area (Å²) in [5.74, 6) is 0.709. The summed E-state index contributed by atoms with van der Waals surface area (Å²) in [5, 5.41) is 4.16. The van der Waals surface area contributed by atoms with Crippen LogP contribution < -0.4 is 4.74 Å². The van der Waals surface area contributed by atoms with E-state index in [0.717, 1.165) is 24.9 Å². The first-order valence-electron chi connectivity index (χ1n) is 8.06. The Morgan fingerprint density at radius 1 is 1.30 bits per heavy atom. The molecule has 0 spiro atoms. The molecular formula is C17H22N4O2. The van der Waals surface area contributed by atoms with Crippen molar-refractivity contribution in [1.82, 2.24) is 19.7 Å². The molecule has 0 N–H and O–H groups in total.